The third kappa shape index (κ3) is 13.3. The molecule has 0 spiro atoms. The van der Waals surface area contributed by atoms with Gasteiger partial charge in [-0.2, -0.15) is 0 Å². The van der Waals surface area contributed by atoms with E-state index in [0.29, 0.717) is 5.56 Å². The minimum absolute atomic E-state index is 0.00206. The number of phenolic OH excluding ortho intramolecular Hbond substituents is 1. The van der Waals surface area contributed by atoms with Gasteiger partial charge in [0.05, 0.1) is 30.1 Å². The first kappa shape index (κ1) is 54.2. The summed E-state index contributed by atoms with van der Waals surface area (Å²) in [5.74, 6) is -6.93. The third-order valence-corrected chi connectivity index (χ3v) is 11.7. The van der Waals surface area contributed by atoms with E-state index in [1.807, 2.05) is 19.9 Å². The molecule has 0 bridgehead atoms. The number of rotatable bonds is 18. The zero-order chi connectivity index (χ0) is 51.8. The Hall–Kier alpha value is -6.75. The Bertz CT molecular complexity index is 2530. The number of primary amides is 1. The first-order valence-corrected chi connectivity index (χ1v) is 22.2. The van der Waals surface area contributed by atoms with Gasteiger partial charge in [-0.05, 0) is 76.9 Å². The van der Waals surface area contributed by atoms with Crippen LogP contribution in [-0.2, 0) is 63.5 Å². The maximum atomic E-state index is 14.4. The van der Waals surface area contributed by atoms with Crippen molar-refractivity contribution in [3.05, 3.63) is 69.1 Å². The van der Waals surface area contributed by atoms with Gasteiger partial charge in [0.15, 0.2) is 23.6 Å². The van der Waals surface area contributed by atoms with E-state index < -0.39 is 121 Å². The molecule has 2 fully saturated rings. The molecule has 0 saturated carbocycles. The normalized spacial score (nSPS) is 23.8. The smallest absolute Gasteiger partial charge is 0.404 e. The predicted octanol–water partition coefficient (Wildman–Crippen LogP) is 4.13. The molecule has 0 aliphatic carbocycles. The SMILES string of the molecule is CO[C@@H]1[C@@H](OC(N)=O)[C@@H](O)[C@H](Oc2ccc3c(O[C@H]4O[C@H](COC(C)=O)[C@@H](COC(C)=O)[C@H](COC(C)=O)[C@H]4COC(C)=O)c(NC(=O)c4ccc(O)c(CC=C(C)C)c4)c(=O)oc3c2C)OC1(C)C. The summed E-state index contributed by atoms with van der Waals surface area (Å²) in [6.07, 6.45) is -7.32. The van der Waals surface area contributed by atoms with Gasteiger partial charge in [-0.15, -0.1) is 0 Å². The summed E-state index contributed by atoms with van der Waals surface area (Å²) in [4.78, 5) is 89.4. The van der Waals surface area contributed by atoms with E-state index in [9.17, 15) is 43.8 Å². The number of esters is 4. The van der Waals surface area contributed by atoms with Crippen molar-refractivity contribution in [2.45, 2.75) is 111 Å². The van der Waals surface area contributed by atoms with Crippen LogP contribution in [0.25, 0.3) is 11.0 Å². The number of fused-ring (bicyclic) bond motifs is 1. The number of carbonyl (C=O) groups excluding carboxylic acids is 6. The Morgan fingerprint density at radius 3 is 2.00 bits per heavy atom. The van der Waals surface area contributed by atoms with Crippen molar-refractivity contribution in [1.82, 2.24) is 0 Å². The lowest BCUT2D eigenvalue weighted by atomic mass is 9.76. The molecule has 0 unspecified atom stereocenters. The Kier molecular flexibility index (Phi) is 18.0. The minimum atomic E-state index is -1.66. The van der Waals surface area contributed by atoms with Gasteiger partial charge in [-0.1, -0.05) is 11.6 Å². The molecule has 1 aromatic heterocycles. The van der Waals surface area contributed by atoms with Gasteiger partial charge in [0.25, 0.3) is 5.91 Å². The number of hydrogen-bond acceptors (Lipinski definition) is 20. The highest BCUT2D eigenvalue weighted by atomic mass is 16.7. The summed E-state index contributed by atoms with van der Waals surface area (Å²) in [6.45, 7) is 11.5. The number of anilines is 1. The van der Waals surface area contributed by atoms with E-state index in [0.717, 1.165) is 19.4 Å². The third-order valence-electron chi connectivity index (χ3n) is 11.7. The number of aryl methyl sites for hydroxylation is 1. The van der Waals surface area contributed by atoms with Crippen molar-refractivity contribution >= 4 is 52.5 Å². The summed E-state index contributed by atoms with van der Waals surface area (Å²) in [5.41, 5.74) is 3.77. The fraction of sp³-hybridized carbons (Fsp3) is 0.521. The number of carbonyl (C=O) groups is 6. The standard InChI is InChI=1S/C48H60N2O20/c1-22(2)11-12-28-17-29(13-15-34(28)55)43(57)50-37-40(68-45-33(20-63-26(6)53)31(18-61-24(4)51)32(19-62-25(5)52)36(66-45)21-64-27(7)54)30-14-16-35(23(3)39(30)67-44(37)58)65-46-38(56)41(69-47(49)59)42(60-10)48(8,9)70-46/h11,13-17,31-33,36,38,41-42,45-46,55-56H,12,18-21H2,1-10H3,(H2,49,59)(H,50,57)/t31-,32-,33+,36+,38+,41-,42+,45+,46+/m0/s1. The van der Waals surface area contributed by atoms with Crippen molar-refractivity contribution in [2.24, 2.45) is 23.5 Å². The molecule has 2 aromatic carbocycles. The summed E-state index contributed by atoms with van der Waals surface area (Å²) in [6, 6.07) is 6.93. The first-order chi connectivity index (χ1) is 32.9. The molecule has 3 heterocycles. The van der Waals surface area contributed by atoms with Crippen molar-refractivity contribution in [3.63, 3.8) is 0 Å². The van der Waals surface area contributed by atoms with Crippen LogP contribution in [0.15, 0.2) is 51.2 Å². The van der Waals surface area contributed by atoms with Gasteiger partial charge in [-0.25, -0.2) is 9.59 Å². The lowest BCUT2D eigenvalue weighted by Gasteiger charge is -2.47. The second-order valence-electron chi connectivity index (χ2n) is 17.6. The molecule has 5 N–H and O–H groups in total. The number of phenols is 1. The monoisotopic (exact) mass is 984 g/mol. The van der Waals surface area contributed by atoms with E-state index >= 15 is 0 Å². The molecule has 2 aliphatic heterocycles. The highest BCUT2D eigenvalue weighted by Gasteiger charge is 2.53. The second kappa shape index (κ2) is 23.2. The van der Waals surface area contributed by atoms with Gasteiger partial charge in [0.2, 0.25) is 12.6 Å². The Balaban J connectivity index is 1.70. The van der Waals surface area contributed by atoms with Crippen LogP contribution in [0.2, 0.25) is 0 Å². The Morgan fingerprint density at radius 2 is 1.41 bits per heavy atom. The number of aliphatic hydroxyl groups excluding tert-OH is 1. The first-order valence-electron chi connectivity index (χ1n) is 22.2. The maximum Gasteiger partial charge on any atom is 0.404 e. The molecule has 22 nitrogen and oxygen atoms in total. The van der Waals surface area contributed by atoms with Gasteiger partial charge in [0.1, 0.15) is 42.5 Å². The number of benzene rings is 2. The van der Waals surface area contributed by atoms with Crippen molar-refractivity contribution in [3.8, 4) is 17.2 Å². The molecule has 70 heavy (non-hydrogen) atoms. The van der Waals surface area contributed by atoms with Gasteiger partial charge >= 0.3 is 35.6 Å². The van der Waals surface area contributed by atoms with Crippen molar-refractivity contribution in [1.29, 1.82) is 0 Å². The van der Waals surface area contributed by atoms with Gasteiger partial charge in [-0.3, -0.25) is 24.0 Å². The number of hydrogen-bond donors (Lipinski definition) is 4. The number of aliphatic hydroxyl groups is 1. The van der Waals surface area contributed by atoms with E-state index in [-0.39, 0.29) is 59.0 Å². The average molecular weight is 985 g/mol. The fourth-order valence-electron chi connectivity index (χ4n) is 8.25. The topological polar surface area (TPSA) is 303 Å². The molecular formula is C48H60N2O20. The Morgan fingerprint density at radius 1 is 0.814 bits per heavy atom. The number of nitrogens with two attached hydrogens (primary N) is 1. The number of aromatic hydroxyl groups is 1. The van der Waals surface area contributed by atoms with Crippen molar-refractivity contribution < 1.29 is 90.8 Å². The van der Waals surface area contributed by atoms with Crippen LogP contribution in [0, 0.1) is 24.7 Å². The van der Waals surface area contributed by atoms with E-state index in [1.165, 1.54) is 58.2 Å². The summed E-state index contributed by atoms with van der Waals surface area (Å²) in [5, 5.41) is 24.6. The number of ether oxygens (including phenoxy) is 10. The van der Waals surface area contributed by atoms with Crippen LogP contribution in [0.3, 0.4) is 0 Å². The summed E-state index contributed by atoms with van der Waals surface area (Å²) >= 11 is 0. The minimum Gasteiger partial charge on any atom is -0.508 e. The van der Waals surface area contributed by atoms with Crippen LogP contribution < -0.4 is 26.1 Å². The maximum absolute atomic E-state index is 14.4. The number of allylic oxidation sites excluding steroid dienone is 2. The van der Waals surface area contributed by atoms with Crippen LogP contribution in [0.1, 0.15) is 76.9 Å². The van der Waals surface area contributed by atoms with E-state index in [2.05, 4.69) is 5.32 Å². The zero-order valence-electron chi connectivity index (χ0n) is 40.5. The van der Waals surface area contributed by atoms with Crippen LogP contribution in [0.5, 0.6) is 17.2 Å². The predicted molar refractivity (Wildman–Crippen MR) is 244 cm³/mol. The number of methoxy groups -OCH3 is 1. The lowest BCUT2D eigenvalue weighted by molar-refractivity contribution is -0.304. The van der Waals surface area contributed by atoms with Crippen LogP contribution in [-0.4, -0.2) is 122 Å². The molecule has 2 saturated heterocycles. The van der Waals surface area contributed by atoms with Gasteiger partial charge in [0, 0.05) is 57.8 Å². The van der Waals surface area contributed by atoms with E-state index in [1.54, 1.807) is 13.8 Å². The quantitative estimate of drug-likeness (QED) is 0.0603. The Labute approximate surface area is 402 Å². The molecular weight excluding hydrogens is 925 g/mol. The molecule has 2 amide bonds. The molecule has 3 aromatic rings. The molecule has 9 atom stereocenters. The largest absolute Gasteiger partial charge is 0.508 e. The van der Waals surface area contributed by atoms with E-state index in [4.69, 9.17) is 57.5 Å². The molecule has 5 rings (SSSR count). The number of nitrogens with one attached hydrogen (secondary N) is 1. The average Bonchev–Trinajstić information content (AvgIpc) is 3.26. The summed E-state index contributed by atoms with van der Waals surface area (Å²) < 4.78 is 63.8. The molecule has 382 valence electrons. The second-order valence-corrected chi connectivity index (χ2v) is 17.6. The lowest BCUT2D eigenvalue weighted by Crippen LogP contribution is -2.65. The summed E-state index contributed by atoms with van der Waals surface area (Å²) in [7, 11) is 1.33. The van der Waals surface area contributed by atoms with Crippen LogP contribution >= 0.6 is 0 Å². The van der Waals surface area contributed by atoms with Crippen LogP contribution in [0.4, 0.5) is 10.5 Å². The highest BCUT2D eigenvalue weighted by Crippen LogP contribution is 2.43. The molecule has 0 radical (unpaired) electrons. The molecule has 22 heteroatoms. The van der Waals surface area contributed by atoms with Gasteiger partial charge < -0.3 is 73.0 Å². The van der Waals surface area contributed by atoms with Crippen molar-refractivity contribution in [2.75, 3.05) is 38.9 Å². The molecule has 2 aliphatic rings. The zero-order valence-corrected chi connectivity index (χ0v) is 40.5. The highest BCUT2D eigenvalue weighted by molar-refractivity contribution is 6.07. The number of amides is 2. The fourth-order valence-corrected chi connectivity index (χ4v) is 8.25.